The molecule has 2 atom stereocenters. The third-order valence-corrected chi connectivity index (χ3v) is 4.10. The molecule has 3 heteroatoms. The lowest BCUT2D eigenvalue weighted by Gasteiger charge is -2.31. The van der Waals surface area contributed by atoms with Crippen LogP contribution in [0.15, 0.2) is 0 Å². The van der Waals surface area contributed by atoms with Gasteiger partial charge in [-0.25, -0.2) is 0 Å². The number of ether oxygens (including phenoxy) is 1. The maximum absolute atomic E-state index is 5.89. The zero-order valence-electron chi connectivity index (χ0n) is 10.3. The molecule has 1 heterocycles. The minimum Gasteiger partial charge on any atom is -0.377 e. The molecular formula is C13H26N2O. The second-order valence-corrected chi connectivity index (χ2v) is 5.28. The van der Waals surface area contributed by atoms with E-state index in [1.54, 1.807) is 0 Å². The van der Waals surface area contributed by atoms with Crippen molar-refractivity contribution in [2.45, 2.75) is 57.1 Å². The second kappa shape index (κ2) is 6.58. The van der Waals surface area contributed by atoms with Crippen molar-refractivity contribution in [2.75, 3.05) is 19.7 Å². The molecule has 3 nitrogen and oxygen atoms in total. The van der Waals surface area contributed by atoms with Gasteiger partial charge in [0.15, 0.2) is 0 Å². The van der Waals surface area contributed by atoms with Crippen molar-refractivity contribution in [3.05, 3.63) is 0 Å². The van der Waals surface area contributed by atoms with Crippen molar-refractivity contribution in [3.63, 3.8) is 0 Å². The SMILES string of the molecule is NCC(NCC1CCCO1)C1CCCCC1. The molecule has 0 amide bonds. The Labute approximate surface area is 99.1 Å². The standard InChI is InChI=1S/C13H26N2O/c14-9-13(11-5-2-1-3-6-11)15-10-12-7-4-8-16-12/h11-13,15H,1-10,14H2. The van der Waals surface area contributed by atoms with Crippen LogP contribution in [0.2, 0.25) is 0 Å². The summed E-state index contributed by atoms with van der Waals surface area (Å²) in [5, 5.41) is 3.63. The predicted molar refractivity (Wildman–Crippen MR) is 66.4 cm³/mol. The van der Waals surface area contributed by atoms with Gasteiger partial charge in [0, 0.05) is 25.7 Å². The first-order chi connectivity index (χ1) is 7.90. The normalized spacial score (nSPS) is 29.4. The van der Waals surface area contributed by atoms with Gasteiger partial charge in [-0.3, -0.25) is 0 Å². The van der Waals surface area contributed by atoms with Gasteiger partial charge in [0.05, 0.1) is 6.10 Å². The number of hydrogen-bond donors (Lipinski definition) is 2. The smallest absolute Gasteiger partial charge is 0.0700 e. The molecule has 0 aromatic heterocycles. The largest absolute Gasteiger partial charge is 0.377 e. The molecule has 0 spiro atoms. The predicted octanol–water partition coefficient (Wildman–Crippen LogP) is 1.66. The van der Waals surface area contributed by atoms with Gasteiger partial charge >= 0.3 is 0 Å². The Morgan fingerprint density at radius 1 is 1.12 bits per heavy atom. The molecule has 0 aromatic rings. The van der Waals surface area contributed by atoms with E-state index in [9.17, 15) is 0 Å². The minimum atomic E-state index is 0.442. The average Bonchev–Trinajstić information content (AvgIpc) is 2.84. The van der Waals surface area contributed by atoms with Crippen LogP contribution in [-0.2, 0) is 4.74 Å². The monoisotopic (exact) mass is 226 g/mol. The van der Waals surface area contributed by atoms with E-state index < -0.39 is 0 Å². The van der Waals surface area contributed by atoms with Crippen LogP contribution in [0.1, 0.15) is 44.9 Å². The van der Waals surface area contributed by atoms with Crippen molar-refractivity contribution < 1.29 is 4.74 Å². The van der Waals surface area contributed by atoms with Crippen LogP contribution in [-0.4, -0.2) is 31.8 Å². The Hall–Kier alpha value is -0.120. The molecule has 2 fully saturated rings. The van der Waals surface area contributed by atoms with Gasteiger partial charge in [0.1, 0.15) is 0 Å². The highest BCUT2D eigenvalue weighted by Gasteiger charge is 2.24. The van der Waals surface area contributed by atoms with Gasteiger partial charge in [-0.2, -0.15) is 0 Å². The summed E-state index contributed by atoms with van der Waals surface area (Å²) in [5.41, 5.74) is 5.89. The quantitative estimate of drug-likeness (QED) is 0.749. The maximum atomic E-state index is 5.89. The average molecular weight is 226 g/mol. The molecule has 1 saturated heterocycles. The van der Waals surface area contributed by atoms with Crippen molar-refractivity contribution in [1.29, 1.82) is 0 Å². The Kier molecular flexibility index (Phi) is 5.07. The van der Waals surface area contributed by atoms with Gasteiger partial charge in [-0.15, -0.1) is 0 Å². The zero-order chi connectivity index (χ0) is 11.2. The van der Waals surface area contributed by atoms with E-state index in [-0.39, 0.29) is 0 Å². The molecule has 0 aromatic carbocycles. The molecular weight excluding hydrogens is 200 g/mol. The van der Waals surface area contributed by atoms with E-state index in [2.05, 4.69) is 5.32 Å². The Bertz CT molecular complexity index is 186. The molecule has 0 bridgehead atoms. The highest BCUT2D eigenvalue weighted by molar-refractivity contribution is 4.81. The fraction of sp³-hybridized carbons (Fsp3) is 1.00. The van der Waals surface area contributed by atoms with Crippen LogP contribution >= 0.6 is 0 Å². The summed E-state index contributed by atoms with van der Waals surface area (Å²) in [6.07, 6.45) is 9.81. The summed E-state index contributed by atoms with van der Waals surface area (Å²) < 4.78 is 5.63. The molecule has 2 aliphatic rings. The first kappa shape index (κ1) is 12.3. The number of nitrogens with one attached hydrogen (secondary N) is 1. The molecule has 94 valence electrons. The van der Waals surface area contributed by atoms with Gasteiger partial charge < -0.3 is 15.8 Å². The number of hydrogen-bond acceptors (Lipinski definition) is 3. The third-order valence-electron chi connectivity index (χ3n) is 4.10. The fourth-order valence-electron chi connectivity index (χ4n) is 3.07. The van der Waals surface area contributed by atoms with Crippen LogP contribution in [0.4, 0.5) is 0 Å². The van der Waals surface area contributed by atoms with Crippen molar-refractivity contribution in [2.24, 2.45) is 11.7 Å². The zero-order valence-corrected chi connectivity index (χ0v) is 10.3. The molecule has 2 rings (SSSR count). The van der Waals surface area contributed by atoms with Crippen molar-refractivity contribution in [3.8, 4) is 0 Å². The van der Waals surface area contributed by atoms with Crippen molar-refractivity contribution in [1.82, 2.24) is 5.32 Å². The van der Waals surface area contributed by atoms with Gasteiger partial charge in [0.2, 0.25) is 0 Å². The first-order valence-electron chi connectivity index (χ1n) is 6.95. The summed E-state index contributed by atoms with van der Waals surface area (Å²) in [7, 11) is 0. The van der Waals surface area contributed by atoms with Crippen LogP contribution in [0.5, 0.6) is 0 Å². The summed E-state index contributed by atoms with van der Waals surface area (Å²) in [4.78, 5) is 0. The summed E-state index contributed by atoms with van der Waals surface area (Å²) in [6.45, 7) is 2.72. The number of rotatable bonds is 5. The Morgan fingerprint density at radius 2 is 1.94 bits per heavy atom. The van der Waals surface area contributed by atoms with E-state index in [1.807, 2.05) is 0 Å². The van der Waals surface area contributed by atoms with E-state index in [4.69, 9.17) is 10.5 Å². The second-order valence-electron chi connectivity index (χ2n) is 5.28. The first-order valence-corrected chi connectivity index (χ1v) is 6.95. The van der Waals surface area contributed by atoms with E-state index in [0.717, 1.165) is 25.6 Å². The van der Waals surface area contributed by atoms with Crippen LogP contribution in [0.25, 0.3) is 0 Å². The van der Waals surface area contributed by atoms with E-state index >= 15 is 0 Å². The molecule has 0 radical (unpaired) electrons. The lowest BCUT2D eigenvalue weighted by Crippen LogP contribution is -2.45. The lowest BCUT2D eigenvalue weighted by molar-refractivity contribution is 0.103. The molecule has 1 aliphatic carbocycles. The Balaban J connectivity index is 1.70. The molecule has 3 N–H and O–H groups in total. The van der Waals surface area contributed by atoms with Gasteiger partial charge in [-0.05, 0) is 31.6 Å². The lowest BCUT2D eigenvalue weighted by atomic mass is 9.84. The maximum Gasteiger partial charge on any atom is 0.0700 e. The fourth-order valence-corrected chi connectivity index (χ4v) is 3.07. The van der Waals surface area contributed by atoms with Crippen LogP contribution in [0.3, 0.4) is 0 Å². The van der Waals surface area contributed by atoms with E-state index in [1.165, 1.54) is 44.9 Å². The minimum absolute atomic E-state index is 0.442. The highest BCUT2D eigenvalue weighted by atomic mass is 16.5. The topological polar surface area (TPSA) is 47.3 Å². The number of nitrogens with two attached hydrogens (primary N) is 1. The van der Waals surface area contributed by atoms with Crippen molar-refractivity contribution >= 4 is 0 Å². The summed E-state index contributed by atoms with van der Waals surface area (Å²) in [5.74, 6) is 0.806. The van der Waals surface area contributed by atoms with Crippen LogP contribution < -0.4 is 11.1 Å². The summed E-state index contributed by atoms with van der Waals surface area (Å²) in [6, 6.07) is 0.518. The molecule has 2 unspecified atom stereocenters. The highest BCUT2D eigenvalue weighted by Crippen LogP contribution is 2.26. The van der Waals surface area contributed by atoms with E-state index in [0.29, 0.717) is 12.1 Å². The van der Waals surface area contributed by atoms with Gasteiger partial charge in [0.25, 0.3) is 0 Å². The Morgan fingerprint density at radius 3 is 2.56 bits per heavy atom. The summed E-state index contributed by atoms with van der Waals surface area (Å²) >= 11 is 0. The molecule has 16 heavy (non-hydrogen) atoms. The third kappa shape index (κ3) is 3.44. The van der Waals surface area contributed by atoms with Crippen LogP contribution in [0, 0.1) is 5.92 Å². The van der Waals surface area contributed by atoms with Gasteiger partial charge in [-0.1, -0.05) is 19.3 Å². The molecule has 1 aliphatic heterocycles. The molecule has 1 saturated carbocycles.